The number of hydrogen-bond donors (Lipinski definition) is 2. The van der Waals surface area contributed by atoms with Crippen LogP contribution in [0.2, 0.25) is 5.02 Å². The second kappa shape index (κ2) is 10.4. The molecule has 4 aliphatic rings. The molecule has 2 N–H and O–H groups in total. The van der Waals surface area contributed by atoms with E-state index in [1.165, 1.54) is 18.9 Å². The van der Waals surface area contributed by atoms with Crippen LogP contribution >= 0.6 is 11.6 Å². The highest BCUT2D eigenvalue weighted by Gasteiger charge is 2.37. The van der Waals surface area contributed by atoms with Gasteiger partial charge in [-0.05, 0) is 61.9 Å². The normalized spacial score (nSPS) is 21.0. The first-order valence-electron chi connectivity index (χ1n) is 15.3. The summed E-state index contributed by atoms with van der Waals surface area (Å²) in [6.45, 7) is 10.1. The van der Waals surface area contributed by atoms with E-state index < -0.39 is 0 Å². The molecule has 1 saturated carbocycles. The predicted molar refractivity (Wildman–Crippen MR) is 169 cm³/mol. The van der Waals surface area contributed by atoms with Crippen molar-refractivity contribution in [2.24, 2.45) is 0 Å². The Bertz CT molecular complexity index is 1760. The summed E-state index contributed by atoms with van der Waals surface area (Å²) in [4.78, 5) is 29.5. The zero-order valence-electron chi connectivity index (χ0n) is 24.3. The topological polar surface area (TPSA) is 103 Å². The molecule has 1 atom stereocenters. The highest BCUT2D eigenvalue weighted by atomic mass is 35.5. The molecule has 43 heavy (non-hydrogen) atoms. The van der Waals surface area contributed by atoms with Gasteiger partial charge in [0.25, 0.3) is 0 Å². The maximum absolute atomic E-state index is 12.5. The third-order valence-electron chi connectivity index (χ3n) is 9.55. The Kier molecular flexibility index (Phi) is 6.45. The monoisotopic (exact) mass is 598 g/mol. The van der Waals surface area contributed by atoms with Gasteiger partial charge in [-0.1, -0.05) is 24.2 Å². The van der Waals surface area contributed by atoms with Gasteiger partial charge in [-0.3, -0.25) is 9.89 Å². The number of hydrogen-bond acceptors (Lipinski definition) is 8. The predicted octanol–water partition coefficient (Wildman–Crippen LogP) is 4.77. The first-order valence-corrected chi connectivity index (χ1v) is 15.6. The van der Waals surface area contributed by atoms with Crippen LogP contribution in [0.3, 0.4) is 0 Å². The van der Waals surface area contributed by atoms with Gasteiger partial charge in [0.1, 0.15) is 12.4 Å². The molecule has 10 nitrogen and oxygen atoms in total. The molecule has 2 aromatic carbocycles. The van der Waals surface area contributed by atoms with Crippen LogP contribution in [-0.4, -0.2) is 93.3 Å². The van der Waals surface area contributed by atoms with Crippen LogP contribution in [0.5, 0.6) is 5.75 Å². The molecule has 4 aromatic rings. The van der Waals surface area contributed by atoms with Crippen LogP contribution in [0.4, 0.5) is 11.8 Å². The number of amides is 1. The largest absolute Gasteiger partial charge is 0.489 e. The molecule has 222 valence electrons. The summed E-state index contributed by atoms with van der Waals surface area (Å²) in [5.74, 6) is 1.94. The lowest BCUT2D eigenvalue weighted by atomic mass is 9.95. The van der Waals surface area contributed by atoms with Crippen LogP contribution in [-0.2, 0) is 4.79 Å². The summed E-state index contributed by atoms with van der Waals surface area (Å²) in [5, 5.41) is 13.4. The molecular formula is C32H35ClN8O2. The van der Waals surface area contributed by atoms with E-state index in [4.69, 9.17) is 26.3 Å². The maximum atomic E-state index is 12.5. The van der Waals surface area contributed by atoms with Crippen molar-refractivity contribution in [3.8, 4) is 16.9 Å². The standard InChI is InChI=1S/C32H35ClN8O2/c1-3-26(42)40-12-13-41-21(16-40)17-43-30-28-25(14-22(29(30)33)27-18(2)4-7-24-23(27)15-34-38-24)36-32(37-31(28)41)35-19-8-10-39(11-9-19)20-5-6-20/h3-4,7,14-15,19-21H,1,5-6,8-13,16-17H2,2H3,(H,34,38)(H,35,36,37)/t21-/m0/s1. The van der Waals surface area contributed by atoms with Crippen molar-refractivity contribution in [2.45, 2.75) is 50.7 Å². The van der Waals surface area contributed by atoms with Gasteiger partial charge in [-0.15, -0.1) is 0 Å². The van der Waals surface area contributed by atoms with Gasteiger partial charge in [-0.25, -0.2) is 4.98 Å². The second-order valence-electron chi connectivity index (χ2n) is 12.3. The lowest BCUT2D eigenvalue weighted by Gasteiger charge is -2.40. The maximum Gasteiger partial charge on any atom is 0.246 e. The fourth-order valence-corrected chi connectivity index (χ4v) is 7.41. The van der Waals surface area contributed by atoms with Gasteiger partial charge in [0, 0.05) is 55.8 Å². The molecule has 3 aliphatic heterocycles. The highest BCUT2D eigenvalue weighted by molar-refractivity contribution is 6.37. The van der Waals surface area contributed by atoms with Crippen molar-refractivity contribution < 1.29 is 9.53 Å². The molecule has 0 spiro atoms. The average molecular weight is 599 g/mol. The molecule has 2 aromatic heterocycles. The van der Waals surface area contributed by atoms with Crippen molar-refractivity contribution in [1.82, 2.24) is 30.0 Å². The van der Waals surface area contributed by atoms with Crippen LogP contribution in [0.15, 0.2) is 37.1 Å². The number of ether oxygens (including phenoxy) is 1. The number of fused-ring (bicyclic) bond motifs is 3. The molecule has 3 fully saturated rings. The molecule has 11 heteroatoms. The van der Waals surface area contributed by atoms with Gasteiger partial charge in [0.2, 0.25) is 11.9 Å². The van der Waals surface area contributed by atoms with Crippen molar-refractivity contribution in [1.29, 1.82) is 0 Å². The summed E-state index contributed by atoms with van der Waals surface area (Å²) in [6, 6.07) is 7.20. The van der Waals surface area contributed by atoms with E-state index in [0.29, 0.717) is 49.0 Å². The number of nitrogens with zero attached hydrogens (tertiary/aromatic N) is 6. The Hall–Kier alpha value is -3.89. The van der Waals surface area contributed by atoms with E-state index in [0.717, 1.165) is 76.3 Å². The van der Waals surface area contributed by atoms with Crippen molar-refractivity contribution in [3.63, 3.8) is 0 Å². The minimum Gasteiger partial charge on any atom is -0.489 e. The van der Waals surface area contributed by atoms with E-state index in [9.17, 15) is 4.79 Å². The molecule has 1 amide bonds. The summed E-state index contributed by atoms with van der Waals surface area (Å²) < 4.78 is 6.54. The number of aromatic amines is 1. The van der Waals surface area contributed by atoms with Crippen molar-refractivity contribution in [2.75, 3.05) is 49.5 Å². The lowest BCUT2D eigenvalue weighted by molar-refractivity contribution is -0.126. The Morgan fingerprint density at radius 2 is 1.98 bits per heavy atom. The molecule has 0 bridgehead atoms. The van der Waals surface area contributed by atoms with E-state index in [1.54, 1.807) is 0 Å². The van der Waals surface area contributed by atoms with E-state index in [-0.39, 0.29) is 11.9 Å². The third kappa shape index (κ3) is 4.58. The number of halogens is 1. The number of benzene rings is 2. The summed E-state index contributed by atoms with van der Waals surface area (Å²) in [6.07, 6.45) is 8.03. The van der Waals surface area contributed by atoms with Crippen LogP contribution < -0.4 is 15.0 Å². The smallest absolute Gasteiger partial charge is 0.246 e. The number of H-pyrrole nitrogens is 1. The number of anilines is 2. The molecular weight excluding hydrogens is 564 g/mol. The fourth-order valence-electron chi connectivity index (χ4n) is 7.11. The minimum absolute atomic E-state index is 0.0712. The van der Waals surface area contributed by atoms with Crippen molar-refractivity contribution in [3.05, 3.63) is 47.6 Å². The molecule has 0 unspecified atom stereocenters. The van der Waals surface area contributed by atoms with E-state index in [2.05, 4.69) is 50.9 Å². The number of piperidine rings is 1. The summed E-state index contributed by atoms with van der Waals surface area (Å²) in [5.41, 5.74) is 4.66. The first kappa shape index (κ1) is 26.7. The molecule has 0 radical (unpaired) electrons. The summed E-state index contributed by atoms with van der Waals surface area (Å²) >= 11 is 7.25. The Labute approximate surface area is 255 Å². The lowest BCUT2D eigenvalue weighted by Crippen LogP contribution is -2.56. The molecule has 5 heterocycles. The number of aromatic nitrogens is 4. The number of carbonyl (C=O) groups excluding carboxylic acids is 1. The molecule has 2 saturated heterocycles. The zero-order chi connectivity index (χ0) is 29.2. The SMILES string of the molecule is C=CC(=O)N1CCN2c3nc(NC4CCN(C5CC5)CC4)nc4cc(-c5c(C)ccc6[nH]ncc56)c(Cl)c(c34)OC[C@@H]2C1. The number of piperazine rings is 1. The van der Waals surface area contributed by atoms with Crippen LogP contribution in [0, 0.1) is 6.92 Å². The minimum atomic E-state index is -0.0867. The quantitative estimate of drug-likeness (QED) is 0.317. The highest BCUT2D eigenvalue weighted by Crippen LogP contribution is 2.48. The zero-order valence-corrected chi connectivity index (χ0v) is 25.0. The second-order valence-corrected chi connectivity index (χ2v) is 12.6. The Balaban J connectivity index is 1.25. The van der Waals surface area contributed by atoms with Gasteiger partial charge >= 0.3 is 0 Å². The Morgan fingerprint density at radius 3 is 2.77 bits per heavy atom. The van der Waals surface area contributed by atoms with Crippen LogP contribution in [0.1, 0.15) is 31.2 Å². The van der Waals surface area contributed by atoms with Crippen molar-refractivity contribution >= 4 is 51.1 Å². The summed E-state index contributed by atoms with van der Waals surface area (Å²) in [7, 11) is 0. The average Bonchev–Trinajstić information content (AvgIpc) is 3.79. The van der Waals surface area contributed by atoms with Gasteiger partial charge in [-0.2, -0.15) is 10.1 Å². The van der Waals surface area contributed by atoms with E-state index in [1.807, 2.05) is 17.2 Å². The van der Waals surface area contributed by atoms with Gasteiger partial charge in [0.05, 0.1) is 33.7 Å². The fraction of sp³-hybridized carbons (Fsp3) is 0.438. The van der Waals surface area contributed by atoms with Gasteiger partial charge in [0.15, 0.2) is 5.75 Å². The van der Waals surface area contributed by atoms with Gasteiger partial charge < -0.3 is 24.8 Å². The first-order chi connectivity index (χ1) is 21.0. The number of rotatable bonds is 5. The molecule has 1 aliphatic carbocycles. The number of aryl methyl sites for hydroxylation is 1. The number of nitrogens with one attached hydrogen (secondary N) is 2. The van der Waals surface area contributed by atoms with E-state index >= 15 is 0 Å². The number of likely N-dealkylation sites (tertiary alicyclic amines) is 1. The molecule has 8 rings (SSSR count). The Morgan fingerprint density at radius 1 is 1.14 bits per heavy atom. The number of carbonyl (C=O) groups is 1. The van der Waals surface area contributed by atoms with Crippen LogP contribution in [0.25, 0.3) is 32.9 Å². The third-order valence-corrected chi connectivity index (χ3v) is 9.93.